The van der Waals surface area contributed by atoms with Crippen LogP contribution in [0, 0.1) is 11.6 Å². The third-order valence-corrected chi connectivity index (χ3v) is 2.41. The molecule has 0 fully saturated rings. The quantitative estimate of drug-likeness (QED) is 0.800. The van der Waals surface area contributed by atoms with E-state index in [0.717, 1.165) is 12.1 Å². The van der Waals surface area contributed by atoms with Gasteiger partial charge in [0.25, 0.3) is 0 Å². The Hall–Kier alpha value is -1.04. The molecule has 1 aromatic carbocycles. The number of aliphatic hydroxyl groups is 1. The lowest BCUT2D eigenvalue weighted by molar-refractivity contribution is 0.138. The highest BCUT2D eigenvalue weighted by molar-refractivity contribution is 5.22. The monoisotopic (exact) mass is 245 g/mol. The van der Waals surface area contributed by atoms with Crippen LogP contribution in [0.25, 0.3) is 0 Å². The molecular formula is C12H17F2NO2. The first kappa shape index (κ1) is 14.0. The third kappa shape index (κ3) is 4.03. The van der Waals surface area contributed by atoms with Crippen molar-refractivity contribution in [3.8, 4) is 0 Å². The van der Waals surface area contributed by atoms with E-state index in [1.54, 1.807) is 7.11 Å². The Morgan fingerprint density at radius 2 is 1.94 bits per heavy atom. The molecule has 0 radical (unpaired) electrons. The predicted molar refractivity (Wildman–Crippen MR) is 60.7 cm³/mol. The molecule has 1 aromatic rings. The Morgan fingerprint density at radius 1 is 1.35 bits per heavy atom. The van der Waals surface area contributed by atoms with Crippen LogP contribution in [0.4, 0.5) is 8.78 Å². The molecule has 0 aromatic heterocycles. The van der Waals surface area contributed by atoms with E-state index in [-0.39, 0.29) is 18.2 Å². The molecule has 0 aliphatic rings. The summed E-state index contributed by atoms with van der Waals surface area (Å²) in [4.78, 5) is 0. The van der Waals surface area contributed by atoms with Gasteiger partial charge in [0.1, 0.15) is 11.6 Å². The number of nitrogens with one attached hydrogen (secondary N) is 1. The summed E-state index contributed by atoms with van der Waals surface area (Å²) in [5.74, 6) is -1.47. The molecule has 0 aliphatic heterocycles. The summed E-state index contributed by atoms with van der Waals surface area (Å²) < 4.78 is 31.5. The summed E-state index contributed by atoms with van der Waals surface area (Å²) >= 11 is 0. The van der Waals surface area contributed by atoms with Crippen molar-refractivity contribution in [2.24, 2.45) is 0 Å². The van der Waals surface area contributed by atoms with Crippen LogP contribution >= 0.6 is 0 Å². The maximum atomic E-state index is 13.3. The number of ether oxygens (including phenoxy) is 1. The van der Waals surface area contributed by atoms with Crippen molar-refractivity contribution in [2.45, 2.75) is 19.1 Å². The Morgan fingerprint density at radius 3 is 2.47 bits per heavy atom. The molecule has 0 aliphatic carbocycles. The van der Waals surface area contributed by atoms with Crippen LogP contribution in [0.3, 0.4) is 0 Å². The van der Waals surface area contributed by atoms with Gasteiger partial charge < -0.3 is 15.2 Å². The van der Waals surface area contributed by atoms with Crippen LogP contribution in [-0.2, 0) is 4.74 Å². The number of rotatable bonds is 6. The maximum Gasteiger partial charge on any atom is 0.131 e. The molecule has 2 atom stereocenters. The maximum absolute atomic E-state index is 13.3. The fourth-order valence-electron chi connectivity index (χ4n) is 1.55. The van der Waals surface area contributed by atoms with E-state index in [0.29, 0.717) is 6.61 Å². The largest absolute Gasteiger partial charge is 0.387 e. The molecule has 3 nitrogen and oxygen atoms in total. The standard InChI is InChI=1S/C12H17F2NO2/c1-8(7-17-2)15-6-11(16)12-9(13)4-3-5-10(12)14/h3-5,8,11,15-16H,6-7H2,1-2H3. The first-order valence-electron chi connectivity index (χ1n) is 5.40. The van der Waals surface area contributed by atoms with Gasteiger partial charge in [-0.15, -0.1) is 0 Å². The van der Waals surface area contributed by atoms with E-state index in [4.69, 9.17) is 4.74 Å². The van der Waals surface area contributed by atoms with Crippen molar-refractivity contribution in [1.82, 2.24) is 5.32 Å². The minimum Gasteiger partial charge on any atom is -0.387 e. The van der Waals surface area contributed by atoms with Crippen LogP contribution in [0.1, 0.15) is 18.6 Å². The van der Waals surface area contributed by atoms with E-state index in [2.05, 4.69) is 5.32 Å². The number of benzene rings is 1. The summed E-state index contributed by atoms with van der Waals surface area (Å²) in [7, 11) is 1.56. The molecule has 5 heteroatoms. The summed E-state index contributed by atoms with van der Waals surface area (Å²) in [6, 6.07) is 3.52. The van der Waals surface area contributed by atoms with E-state index >= 15 is 0 Å². The minimum absolute atomic E-state index is 0.00415. The Bertz CT molecular complexity index is 340. The molecule has 1 rings (SSSR count). The SMILES string of the molecule is COCC(C)NCC(O)c1c(F)cccc1F. The normalized spacial score (nSPS) is 14.6. The van der Waals surface area contributed by atoms with Gasteiger partial charge in [-0.2, -0.15) is 0 Å². The molecule has 0 spiro atoms. The lowest BCUT2D eigenvalue weighted by atomic mass is 10.1. The summed E-state index contributed by atoms with van der Waals surface area (Å²) in [6.07, 6.45) is -1.21. The second kappa shape index (κ2) is 6.64. The van der Waals surface area contributed by atoms with Gasteiger partial charge in [-0.05, 0) is 19.1 Å². The van der Waals surface area contributed by atoms with Crippen LogP contribution in [0.15, 0.2) is 18.2 Å². The van der Waals surface area contributed by atoms with Gasteiger partial charge in [0.15, 0.2) is 0 Å². The molecule has 0 bridgehead atoms. The van der Waals surface area contributed by atoms with Crippen LogP contribution in [0.5, 0.6) is 0 Å². The second-order valence-corrected chi connectivity index (χ2v) is 3.92. The molecule has 0 saturated carbocycles. The fraction of sp³-hybridized carbons (Fsp3) is 0.500. The Balaban J connectivity index is 2.61. The zero-order valence-electron chi connectivity index (χ0n) is 9.91. The van der Waals surface area contributed by atoms with E-state index in [9.17, 15) is 13.9 Å². The Labute approximate surface area is 99.4 Å². The van der Waals surface area contributed by atoms with E-state index < -0.39 is 17.7 Å². The van der Waals surface area contributed by atoms with Crippen LogP contribution in [0.2, 0.25) is 0 Å². The van der Waals surface area contributed by atoms with Gasteiger partial charge in [-0.3, -0.25) is 0 Å². The minimum atomic E-state index is -1.21. The summed E-state index contributed by atoms with van der Waals surface area (Å²) in [5.41, 5.74) is -0.301. The third-order valence-electron chi connectivity index (χ3n) is 2.41. The smallest absolute Gasteiger partial charge is 0.131 e. The van der Waals surface area contributed by atoms with Crippen molar-refractivity contribution in [2.75, 3.05) is 20.3 Å². The highest BCUT2D eigenvalue weighted by Gasteiger charge is 2.17. The average molecular weight is 245 g/mol. The second-order valence-electron chi connectivity index (χ2n) is 3.92. The van der Waals surface area contributed by atoms with Crippen molar-refractivity contribution in [3.63, 3.8) is 0 Å². The molecule has 17 heavy (non-hydrogen) atoms. The predicted octanol–water partition coefficient (Wildman–Crippen LogP) is 1.62. The number of hydrogen-bond acceptors (Lipinski definition) is 3. The molecule has 0 heterocycles. The highest BCUT2D eigenvalue weighted by Crippen LogP contribution is 2.19. The molecular weight excluding hydrogens is 228 g/mol. The van der Waals surface area contributed by atoms with Gasteiger partial charge in [-0.1, -0.05) is 6.07 Å². The lowest BCUT2D eigenvalue weighted by Gasteiger charge is -2.17. The number of halogens is 2. The van der Waals surface area contributed by atoms with Gasteiger partial charge in [0.2, 0.25) is 0 Å². The van der Waals surface area contributed by atoms with E-state index in [1.807, 2.05) is 6.92 Å². The zero-order valence-corrected chi connectivity index (χ0v) is 9.91. The van der Waals surface area contributed by atoms with Crippen molar-refractivity contribution < 1.29 is 18.6 Å². The Kier molecular flexibility index (Phi) is 5.47. The summed E-state index contributed by atoms with van der Waals surface area (Å²) in [5, 5.41) is 12.6. The summed E-state index contributed by atoms with van der Waals surface area (Å²) in [6.45, 7) is 2.39. The van der Waals surface area contributed by atoms with Crippen molar-refractivity contribution in [3.05, 3.63) is 35.4 Å². The van der Waals surface area contributed by atoms with Gasteiger partial charge in [0, 0.05) is 19.7 Å². The van der Waals surface area contributed by atoms with Gasteiger partial charge in [-0.25, -0.2) is 8.78 Å². The zero-order chi connectivity index (χ0) is 12.8. The van der Waals surface area contributed by atoms with Gasteiger partial charge >= 0.3 is 0 Å². The molecule has 0 amide bonds. The van der Waals surface area contributed by atoms with Crippen molar-refractivity contribution >= 4 is 0 Å². The fourth-order valence-corrected chi connectivity index (χ4v) is 1.55. The van der Waals surface area contributed by atoms with Gasteiger partial charge in [0.05, 0.1) is 18.3 Å². The molecule has 2 unspecified atom stereocenters. The van der Waals surface area contributed by atoms with Crippen molar-refractivity contribution in [1.29, 1.82) is 0 Å². The topological polar surface area (TPSA) is 41.5 Å². The highest BCUT2D eigenvalue weighted by atomic mass is 19.1. The number of methoxy groups -OCH3 is 1. The first-order valence-corrected chi connectivity index (χ1v) is 5.40. The average Bonchev–Trinajstić information content (AvgIpc) is 2.26. The van der Waals surface area contributed by atoms with Crippen LogP contribution in [-0.4, -0.2) is 31.4 Å². The first-order chi connectivity index (χ1) is 8.06. The molecule has 96 valence electrons. The number of aliphatic hydroxyl groups excluding tert-OH is 1. The lowest BCUT2D eigenvalue weighted by Crippen LogP contribution is -2.34. The number of hydrogen-bond donors (Lipinski definition) is 2. The van der Waals surface area contributed by atoms with E-state index in [1.165, 1.54) is 6.07 Å². The molecule has 2 N–H and O–H groups in total. The molecule has 0 saturated heterocycles. The van der Waals surface area contributed by atoms with Crippen LogP contribution < -0.4 is 5.32 Å².